The van der Waals surface area contributed by atoms with Gasteiger partial charge in [0, 0.05) is 0 Å². The first kappa shape index (κ1) is 12.9. The van der Waals surface area contributed by atoms with Crippen LogP contribution in [0.1, 0.15) is 26.2 Å². The molecule has 0 saturated carbocycles. The molecule has 0 aliphatic heterocycles. The van der Waals surface area contributed by atoms with Crippen molar-refractivity contribution in [3.63, 3.8) is 0 Å². The molecule has 82 valence electrons. The molecule has 14 heavy (non-hydrogen) atoms. The quantitative estimate of drug-likeness (QED) is 0.587. The number of rotatable bonds is 6. The Hall–Kier alpha value is -1.10. The topological polar surface area (TPSA) is 75.6 Å². The molecule has 0 aliphatic carbocycles. The monoisotopic (exact) mass is 203 g/mol. The van der Waals surface area contributed by atoms with Crippen molar-refractivity contribution >= 4 is 11.9 Å². The zero-order valence-corrected chi connectivity index (χ0v) is 8.58. The van der Waals surface area contributed by atoms with E-state index in [1.165, 1.54) is 7.11 Å². The SMILES string of the molecule is CCCCC(NC(=O)CO)C(=O)OC. The lowest BCUT2D eigenvalue weighted by Gasteiger charge is -2.15. The fourth-order valence-electron chi connectivity index (χ4n) is 1.04. The van der Waals surface area contributed by atoms with Gasteiger partial charge in [0.05, 0.1) is 7.11 Å². The predicted molar refractivity (Wildman–Crippen MR) is 50.6 cm³/mol. The summed E-state index contributed by atoms with van der Waals surface area (Å²) in [6.45, 7) is 1.38. The molecule has 5 nitrogen and oxygen atoms in total. The van der Waals surface area contributed by atoms with E-state index in [0.717, 1.165) is 12.8 Å². The molecule has 0 aromatic carbocycles. The molecular formula is C9H17NO4. The van der Waals surface area contributed by atoms with E-state index in [-0.39, 0.29) is 0 Å². The Labute approximate surface area is 83.4 Å². The van der Waals surface area contributed by atoms with Crippen LogP contribution >= 0.6 is 0 Å². The molecule has 0 saturated heterocycles. The summed E-state index contributed by atoms with van der Waals surface area (Å²) >= 11 is 0. The molecule has 1 amide bonds. The molecule has 1 atom stereocenters. The summed E-state index contributed by atoms with van der Waals surface area (Å²) < 4.78 is 4.52. The third kappa shape index (κ3) is 4.81. The van der Waals surface area contributed by atoms with Crippen molar-refractivity contribution in [1.82, 2.24) is 5.32 Å². The molecule has 0 radical (unpaired) electrons. The second-order valence-electron chi connectivity index (χ2n) is 2.94. The molecule has 0 aromatic heterocycles. The molecule has 0 spiro atoms. The third-order valence-electron chi connectivity index (χ3n) is 1.81. The Kier molecular flexibility index (Phi) is 6.74. The van der Waals surface area contributed by atoms with Crippen LogP contribution in [0.15, 0.2) is 0 Å². The van der Waals surface area contributed by atoms with Crippen LogP contribution in [0.2, 0.25) is 0 Å². The number of hydrogen-bond acceptors (Lipinski definition) is 4. The highest BCUT2D eigenvalue weighted by atomic mass is 16.5. The van der Waals surface area contributed by atoms with Crippen molar-refractivity contribution < 1.29 is 19.4 Å². The Morgan fingerprint density at radius 3 is 2.57 bits per heavy atom. The number of nitrogens with one attached hydrogen (secondary N) is 1. The van der Waals surface area contributed by atoms with Gasteiger partial charge in [-0.2, -0.15) is 0 Å². The van der Waals surface area contributed by atoms with Crippen LogP contribution in [0.3, 0.4) is 0 Å². The van der Waals surface area contributed by atoms with Gasteiger partial charge in [-0.05, 0) is 6.42 Å². The van der Waals surface area contributed by atoms with Crippen LogP contribution in [-0.2, 0) is 14.3 Å². The summed E-state index contributed by atoms with van der Waals surface area (Å²) in [5.74, 6) is -1.03. The van der Waals surface area contributed by atoms with Crippen molar-refractivity contribution in [3.05, 3.63) is 0 Å². The number of methoxy groups -OCH3 is 1. The van der Waals surface area contributed by atoms with Crippen molar-refractivity contribution in [3.8, 4) is 0 Å². The first-order valence-corrected chi connectivity index (χ1v) is 4.63. The van der Waals surface area contributed by atoms with Gasteiger partial charge in [0.15, 0.2) is 0 Å². The van der Waals surface area contributed by atoms with Gasteiger partial charge >= 0.3 is 5.97 Å². The van der Waals surface area contributed by atoms with Crippen molar-refractivity contribution in [2.24, 2.45) is 0 Å². The van der Waals surface area contributed by atoms with Crippen LogP contribution < -0.4 is 5.32 Å². The molecule has 5 heteroatoms. The van der Waals surface area contributed by atoms with Gasteiger partial charge in [0.1, 0.15) is 12.6 Å². The van der Waals surface area contributed by atoms with Gasteiger partial charge in [0.25, 0.3) is 0 Å². The highest BCUT2D eigenvalue weighted by Gasteiger charge is 2.19. The Bertz CT molecular complexity index is 193. The van der Waals surface area contributed by atoms with E-state index in [9.17, 15) is 9.59 Å². The number of hydrogen-bond donors (Lipinski definition) is 2. The normalized spacial score (nSPS) is 11.9. The number of carbonyl (C=O) groups is 2. The second kappa shape index (κ2) is 7.32. The molecule has 0 heterocycles. The molecule has 0 aromatic rings. The maximum absolute atomic E-state index is 11.2. The highest BCUT2D eigenvalue weighted by molar-refractivity contribution is 5.84. The van der Waals surface area contributed by atoms with Crippen LogP contribution in [0, 0.1) is 0 Å². The maximum Gasteiger partial charge on any atom is 0.328 e. The van der Waals surface area contributed by atoms with Crippen LogP contribution in [0.4, 0.5) is 0 Å². The van der Waals surface area contributed by atoms with E-state index >= 15 is 0 Å². The zero-order chi connectivity index (χ0) is 11.0. The lowest BCUT2D eigenvalue weighted by Crippen LogP contribution is -2.42. The minimum absolute atomic E-state index is 0.472. The van der Waals surface area contributed by atoms with E-state index < -0.39 is 24.5 Å². The highest BCUT2D eigenvalue weighted by Crippen LogP contribution is 2.02. The van der Waals surface area contributed by atoms with Crippen molar-refractivity contribution in [2.75, 3.05) is 13.7 Å². The summed E-state index contributed by atoms with van der Waals surface area (Å²) in [4.78, 5) is 22.0. The third-order valence-corrected chi connectivity index (χ3v) is 1.81. The van der Waals surface area contributed by atoms with E-state index in [1.807, 2.05) is 6.92 Å². The van der Waals surface area contributed by atoms with E-state index in [1.54, 1.807) is 0 Å². The van der Waals surface area contributed by atoms with Crippen molar-refractivity contribution in [2.45, 2.75) is 32.2 Å². The van der Waals surface area contributed by atoms with Gasteiger partial charge in [0.2, 0.25) is 5.91 Å². The molecule has 0 aliphatic rings. The summed E-state index contributed by atoms with van der Waals surface area (Å²) in [7, 11) is 1.27. The summed E-state index contributed by atoms with van der Waals surface area (Å²) in [5, 5.41) is 10.9. The van der Waals surface area contributed by atoms with Crippen molar-refractivity contribution in [1.29, 1.82) is 0 Å². The van der Waals surface area contributed by atoms with Gasteiger partial charge in [-0.3, -0.25) is 4.79 Å². The Balaban J connectivity index is 4.09. The van der Waals surface area contributed by atoms with Gasteiger partial charge < -0.3 is 15.2 Å². The average Bonchev–Trinajstić information content (AvgIpc) is 2.22. The lowest BCUT2D eigenvalue weighted by atomic mass is 10.1. The Morgan fingerprint density at radius 2 is 2.14 bits per heavy atom. The van der Waals surface area contributed by atoms with E-state index in [4.69, 9.17) is 5.11 Å². The predicted octanol–water partition coefficient (Wildman–Crippen LogP) is -0.173. The summed E-state index contributed by atoms with van der Waals surface area (Å²) in [6.07, 6.45) is 2.29. The first-order chi connectivity index (χ1) is 6.65. The molecular weight excluding hydrogens is 186 g/mol. The number of unbranched alkanes of at least 4 members (excludes halogenated alkanes) is 1. The molecule has 2 N–H and O–H groups in total. The van der Waals surface area contributed by atoms with Gasteiger partial charge in [-0.1, -0.05) is 19.8 Å². The smallest absolute Gasteiger partial charge is 0.328 e. The number of carbonyl (C=O) groups excluding carboxylic acids is 2. The molecule has 0 rings (SSSR count). The van der Waals surface area contributed by atoms with Crippen LogP contribution in [0.5, 0.6) is 0 Å². The van der Waals surface area contributed by atoms with Gasteiger partial charge in [-0.25, -0.2) is 4.79 Å². The fraction of sp³-hybridized carbons (Fsp3) is 0.778. The minimum atomic E-state index is -0.639. The van der Waals surface area contributed by atoms with Crippen LogP contribution in [0.25, 0.3) is 0 Å². The molecule has 0 bridgehead atoms. The maximum atomic E-state index is 11.2. The number of amides is 1. The molecule has 0 fully saturated rings. The fourth-order valence-corrected chi connectivity index (χ4v) is 1.04. The number of aliphatic hydroxyl groups excluding tert-OH is 1. The van der Waals surface area contributed by atoms with Gasteiger partial charge in [-0.15, -0.1) is 0 Å². The van der Waals surface area contributed by atoms with E-state index in [2.05, 4.69) is 10.1 Å². The second-order valence-corrected chi connectivity index (χ2v) is 2.94. The van der Waals surface area contributed by atoms with Crippen LogP contribution in [-0.4, -0.2) is 36.7 Å². The summed E-state index contributed by atoms with van der Waals surface area (Å²) in [5.41, 5.74) is 0. The Morgan fingerprint density at radius 1 is 1.50 bits per heavy atom. The number of aliphatic hydroxyl groups is 1. The average molecular weight is 203 g/mol. The first-order valence-electron chi connectivity index (χ1n) is 4.63. The largest absolute Gasteiger partial charge is 0.467 e. The standard InChI is InChI=1S/C9H17NO4/c1-3-4-5-7(9(13)14-2)10-8(12)6-11/h7,11H,3-6H2,1-2H3,(H,10,12). The zero-order valence-electron chi connectivity index (χ0n) is 8.58. The summed E-state index contributed by atoms with van der Waals surface area (Å²) in [6, 6.07) is -0.639. The lowest BCUT2D eigenvalue weighted by molar-refractivity contribution is -0.145. The molecule has 1 unspecified atom stereocenters. The number of ether oxygens (including phenoxy) is 1. The number of esters is 1. The van der Waals surface area contributed by atoms with E-state index in [0.29, 0.717) is 6.42 Å². The minimum Gasteiger partial charge on any atom is -0.467 e.